The fourth-order valence-corrected chi connectivity index (χ4v) is 2.86. The van der Waals surface area contributed by atoms with Crippen LogP contribution in [0.5, 0.6) is 17.2 Å². The normalized spacial score (nSPS) is 10.8. The topological polar surface area (TPSA) is 32.6 Å². The van der Waals surface area contributed by atoms with E-state index in [2.05, 4.69) is 4.57 Å². The standard InChI is InChI=1S/C18H18ClNO3/c1-21-16-10-15-14(17(22-2)18(16)23-3)8-9-20(15)11-12-4-6-13(19)7-5-12/h4-10H,11H2,1-3H3. The van der Waals surface area contributed by atoms with Crippen LogP contribution < -0.4 is 14.2 Å². The van der Waals surface area contributed by atoms with Crippen LogP contribution >= 0.6 is 11.6 Å². The number of ether oxygens (including phenoxy) is 3. The molecule has 0 unspecified atom stereocenters. The number of methoxy groups -OCH3 is 3. The number of hydrogen-bond acceptors (Lipinski definition) is 3. The maximum atomic E-state index is 5.95. The molecule has 0 N–H and O–H groups in total. The minimum Gasteiger partial charge on any atom is -0.493 e. The van der Waals surface area contributed by atoms with Gasteiger partial charge in [-0.15, -0.1) is 0 Å². The van der Waals surface area contributed by atoms with Crippen molar-refractivity contribution in [1.82, 2.24) is 4.57 Å². The van der Waals surface area contributed by atoms with Gasteiger partial charge in [-0.2, -0.15) is 0 Å². The van der Waals surface area contributed by atoms with Gasteiger partial charge in [-0.1, -0.05) is 23.7 Å². The molecular formula is C18H18ClNO3. The first-order chi connectivity index (χ1) is 11.2. The van der Waals surface area contributed by atoms with Crippen molar-refractivity contribution in [3.8, 4) is 17.2 Å². The smallest absolute Gasteiger partial charge is 0.204 e. The van der Waals surface area contributed by atoms with Crippen molar-refractivity contribution in [2.24, 2.45) is 0 Å². The molecule has 0 aliphatic heterocycles. The monoisotopic (exact) mass is 331 g/mol. The molecule has 0 aliphatic rings. The predicted molar refractivity (Wildman–Crippen MR) is 92.1 cm³/mol. The van der Waals surface area contributed by atoms with Crippen LogP contribution in [-0.2, 0) is 6.54 Å². The zero-order valence-corrected chi connectivity index (χ0v) is 14.1. The van der Waals surface area contributed by atoms with Crippen molar-refractivity contribution in [3.05, 3.63) is 53.2 Å². The number of aromatic nitrogens is 1. The molecule has 0 saturated heterocycles. The minimum atomic E-state index is 0.603. The molecule has 0 radical (unpaired) electrons. The van der Waals surface area contributed by atoms with E-state index in [0.717, 1.165) is 22.5 Å². The first kappa shape index (κ1) is 15.6. The van der Waals surface area contributed by atoms with Crippen molar-refractivity contribution in [1.29, 1.82) is 0 Å². The van der Waals surface area contributed by atoms with Gasteiger partial charge in [0, 0.05) is 29.2 Å². The van der Waals surface area contributed by atoms with Gasteiger partial charge in [-0.3, -0.25) is 0 Å². The second-order valence-corrected chi connectivity index (χ2v) is 5.58. The van der Waals surface area contributed by atoms with E-state index in [4.69, 9.17) is 25.8 Å². The van der Waals surface area contributed by atoms with Crippen molar-refractivity contribution in [2.45, 2.75) is 6.54 Å². The number of rotatable bonds is 5. The maximum absolute atomic E-state index is 5.95. The summed E-state index contributed by atoms with van der Waals surface area (Å²) in [6, 6.07) is 11.8. The molecule has 0 bridgehead atoms. The Labute approximate surface area is 140 Å². The van der Waals surface area contributed by atoms with Crippen molar-refractivity contribution >= 4 is 22.5 Å². The Hall–Kier alpha value is -2.33. The first-order valence-electron chi connectivity index (χ1n) is 7.20. The molecule has 5 heteroatoms. The van der Waals surface area contributed by atoms with Gasteiger partial charge in [0.15, 0.2) is 11.5 Å². The molecule has 0 fully saturated rings. The lowest BCUT2D eigenvalue weighted by Gasteiger charge is -2.14. The maximum Gasteiger partial charge on any atom is 0.204 e. The molecule has 23 heavy (non-hydrogen) atoms. The highest BCUT2D eigenvalue weighted by Crippen LogP contribution is 2.43. The molecule has 0 spiro atoms. The van der Waals surface area contributed by atoms with Crippen LogP contribution in [0.15, 0.2) is 42.6 Å². The van der Waals surface area contributed by atoms with Gasteiger partial charge in [0.05, 0.1) is 26.8 Å². The van der Waals surface area contributed by atoms with Crippen molar-refractivity contribution in [3.63, 3.8) is 0 Å². The molecule has 0 aliphatic carbocycles. The lowest BCUT2D eigenvalue weighted by atomic mass is 10.2. The van der Waals surface area contributed by atoms with Gasteiger partial charge < -0.3 is 18.8 Å². The Kier molecular flexibility index (Phi) is 4.35. The molecule has 2 aromatic carbocycles. The molecular weight excluding hydrogens is 314 g/mol. The van der Waals surface area contributed by atoms with Crippen LogP contribution in [0, 0.1) is 0 Å². The highest BCUT2D eigenvalue weighted by molar-refractivity contribution is 6.30. The lowest BCUT2D eigenvalue weighted by molar-refractivity contribution is 0.327. The summed E-state index contributed by atoms with van der Waals surface area (Å²) in [7, 11) is 4.86. The molecule has 0 amide bonds. The minimum absolute atomic E-state index is 0.603. The largest absolute Gasteiger partial charge is 0.493 e. The van der Waals surface area contributed by atoms with E-state index in [1.54, 1.807) is 21.3 Å². The van der Waals surface area contributed by atoms with Crippen LogP contribution in [0.1, 0.15) is 5.56 Å². The summed E-state index contributed by atoms with van der Waals surface area (Å²) < 4.78 is 18.6. The molecule has 4 nitrogen and oxygen atoms in total. The number of fused-ring (bicyclic) bond motifs is 1. The van der Waals surface area contributed by atoms with E-state index in [1.165, 1.54) is 5.56 Å². The van der Waals surface area contributed by atoms with E-state index in [0.29, 0.717) is 17.2 Å². The molecule has 3 aromatic rings. The summed E-state index contributed by atoms with van der Waals surface area (Å²) >= 11 is 5.95. The number of benzene rings is 2. The Balaban J connectivity index is 2.10. The quantitative estimate of drug-likeness (QED) is 0.696. The summed E-state index contributed by atoms with van der Waals surface area (Å²) in [5.74, 6) is 1.93. The average Bonchev–Trinajstić information content (AvgIpc) is 2.97. The third-order valence-electron chi connectivity index (χ3n) is 3.84. The third-order valence-corrected chi connectivity index (χ3v) is 4.10. The van der Waals surface area contributed by atoms with Crippen molar-refractivity contribution in [2.75, 3.05) is 21.3 Å². The Morgan fingerprint density at radius 1 is 0.913 bits per heavy atom. The summed E-state index contributed by atoms with van der Waals surface area (Å²) in [6.07, 6.45) is 2.03. The lowest BCUT2D eigenvalue weighted by Crippen LogP contribution is -2.00. The first-order valence-corrected chi connectivity index (χ1v) is 7.58. The fourth-order valence-electron chi connectivity index (χ4n) is 2.73. The summed E-state index contributed by atoms with van der Waals surface area (Å²) in [6.45, 7) is 0.735. The highest BCUT2D eigenvalue weighted by Gasteiger charge is 2.18. The number of halogens is 1. The van der Waals surface area contributed by atoms with E-state index in [1.807, 2.05) is 42.6 Å². The summed E-state index contributed by atoms with van der Waals surface area (Å²) in [4.78, 5) is 0. The van der Waals surface area contributed by atoms with Crippen LogP contribution in [0.2, 0.25) is 5.02 Å². The summed E-state index contributed by atoms with van der Waals surface area (Å²) in [5.41, 5.74) is 2.19. The van der Waals surface area contributed by atoms with Gasteiger partial charge in [0.25, 0.3) is 0 Å². The van der Waals surface area contributed by atoms with E-state index >= 15 is 0 Å². The number of hydrogen-bond donors (Lipinski definition) is 0. The highest BCUT2D eigenvalue weighted by atomic mass is 35.5. The van der Waals surface area contributed by atoms with Crippen LogP contribution in [0.25, 0.3) is 10.9 Å². The fraction of sp³-hybridized carbons (Fsp3) is 0.222. The van der Waals surface area contributed by atoms with Gasteiger partial charge in [-0.25, -0.2) is 0 Å². The SMILES string of the molecule is COc1cc2c(ccn2Cc2ccc(Cl)cc2)c(OC)c1OC. The predicted octanol–water partition coefficient (Wildman–Crippen LogP) is 4.37. The number of nitrogens with zero attached hydrogens (tertiary/aromatic N) is 1. The molecule has 1 heterocycles. The second-order valence-electron chi connectivity index (χ2n) is 5.15. The zero-order chi connectivity index (χ0) is 16.4. The van der Waals surface area contributed by atoms with Gasteiger partial charge in [-0.05, 0) is 23.8 Å². The Bertz CT molecular complexity index is 824. The summed E-state index contributed by atoms with van der Waals surface area (Å²) in [5, 5.41) is 1.72. The second kappa shape index (κ2) is 6.42. The average molecular weight is 332 g/mol. The van der Waals surface area contributed by atoms with E-state index < -0.39 is 0 Å². The molecule has 0 saturated carbocycles. The van der Waals surface area contributed by atoms with Gasteiger partial charge in [0.2, 0.25) is 5.75 Å². The van der Waals surface area contributed by atoms with E-state index in [9.17, 15) is 0 Å². The molecule has 120 valence electrons. The Morgan fingerprint density at radius 3 is 2.22 bits per heavy atom. The molecule has 1 aromatic heterocycles. The van der Waals surface area contributed by atoms with Gasteiger partial charge >= 0.3 is 0 Å². The van der Waals surface area contributed by atoms with Crippen LogP contribution in [0.4, 0.5) is 0 Å². The van der Waals surface area contributed by atoms with Gasteiger partial charge in [0.1, 0.15) is 0 Å². The zero-order valence-electron chi connectivity index (χ0n) is 13.3. The van der Waals surface area contributed by atoms with Crippen molar-refractivity contribution < 1.29 is 14.2 Å². The van der Waals surface area contributed by atoms with Crippen LogP contribution in [0.3, 0.4) is 0 Å². The molecule has 3 rings (SSSR count). The van der Waals surface area contributed by atoms with Crippen LogP contribution in [-0.4, -0.2) is 25.9 Å². The Morgan fingerprint density at radius 2 is 1.61 bits per heavy atom. The molecule has 0 atom stereocenters. The third kappa shape index (κ3) is 2.82. The van der Waals surface area contributed by atoms with E-state index in [-0.39, 0.29) is 0 Å².